The number of ether oxygens (including phenoxy) is 4. The summed E-state index contributed by atoms with van der Waals surface area (Å²) in [5.74, 6) is -3.49. The Morgan fingerprint density at radius 1 is 0.241 bits per heavy atom. The molecule has 0 aliphatic heterocycles. The Kier molecular flexibility index (Phi) is 81.0. The summed E-state index contributed by atoms with van der Waals surface area (Å²) in [5.41, 5.74) is 0. The van der Waals surface area contributed by atoms with E-state index in [0.29, 0.717) is 0 Å². The predicted molar refractivity (Wildman–Crippen MR) is 471 cm³/mol. The molecular formula is C94H188N2O14S2. The number of carbonyl (C=O) groups is 4. The number of hydrogen-bond donors (Lipinski definition) is 0. The van der Waals surface area contributed by atoms with E-state index in [2.05, 4.69) is 69.2 Å². The summed E-state index contributed by atoms with van der Waals surface area (Å²) in [6.07, 6.45) is 71.2. The molecule has 0 aromatic carbocycles. The minimum absolute atomic E-state index is 0.0470. The van der Waals surface area contributed by atoms with Crippen molar-refractivity contribution in [3.05, 3.63) is 0 Å². The monoisotopic (exact) mass is 1630 g/mol. The van der Waals surface area contributed by atoms with Gasteiger partial charge in [-0.1, -0.05) is 328 Å². The molecule has 0 aliphatic carbocycles. The van der Waals surface area contributed by atoms with Gasteiger partial charge in [0.1, 0.15) is 20.2 Å². The molecule has 670 valence electrons. The van der Waals surface area contributed by atoms with E-state index in [0.717, 1.165) is 103 Å². The molecule has 0 N–H and O–H groups in total. The number of esters is 4. The van der Waals surface area contributed by atoms with Gasteiger partial charge in [0.2, 0.25) is 0 Å². The first-order valence-electron chi connectivity index (χ1n) is 48.2. The molecule has 0 saturated carbocycles. The summed E-state index contributed by atoms with van der Waals surface area (Å²) < 4.78 is 92.1. The van der Waals surface area contributed by atoms with Crippen molar-refractivity contribution in [2.75, 3.05) is 78.8 Å². The largest absolute Gasteiger partial charge is 0.747 e. The van der Waals surface area contributed by atoms with Gasteiger partial charge >= 0.3 is 23.9 Å². The van der Waals surface area contributed by atoms with Crippen LogP contribution in [0.5, 0.6) is 0 Å². The normalized spacial score (nSPS) is 13.6. The lowest BCUT2D eigenvalue weighted by Gasteiger charge is -2.40. The van der Waals surface area contributed by atoms with Crippen molar-refractivity contribution in [2.24, 2.45) is 23.7 Å². The SMILES string of the molecule is CCCCC(CC)COC(=O)CC(C(=O)OCC(CC)CCCC)S(=O)(=O)[O-].CCCCC(CC)COC(=O)CC(C(=O)OCC(CC)CCCC)S(=O)(=O)[O-].CCCCCCCC[N+](CCCCCCCC)(CCCCCCCC)CCCCCC[N+](CCCCCCCC)(CCCCCCCC)CCCCCCCC. The molecule has 0 aliphatic rings. The van der Waals surface area contributed by atoms with E-state index in [-0.39, 0.29) is 50.1 Å². The number of rotatable bonds is 81. The molecule has 0 fully saturated rings. The lowest BCUT2D eigenvalue weighted by Crippen LogP contribution is -2.51. The molecule has 0 rings (SSSR count). The van der Waals surface area contributed by atoms with Crippen LogP contribution in [0.2, 0.25) is 0 Å². The van der Waals surface area contributed by atoms with Crippen LogP contribution < -0.4 is 0 Å². The number of quaternary nitrogens is 2. The van der Waals surface area contributed by atoms with Gasteiger partial charge in [0.15, 0.2) is 10.5 Å². The average Bonchev–Trinajstić information content (AvgIpc) is 0.840. The van der Waals surface area contributed by atoms with Gasteiger partial charge in [-0.3, -0.25) is 19.2 Å². The maximum absolute atomic E-state index is 12.1. The molecule has 0 amide bonds. The summed E-state index contributed by atoms with van der Waals surface area (Å²) >= 11 is 0. The van der Waals surface area contributed by atoms with E-state index in [1.165, 1.54) is 318 Å². The highest BCUT2D eigenvalue weighted by Gasteiger charge is 2.34. The van der Waals surface area contributed by atoms with E-state index in [4.69, 9.17) is 18.9 Å². The van der Waals surface area contributed by atoms with Crippen LogP contribution in [0.15, 0.2) is 0 Å². The van der Waals surface area contributed by atoms with Gasteiger partial charge in [0.05, 0.1) is 91.6 Å². The predicted octanol–water partition coefficient (Wildman–Crippen LogP) is 26.0. The van der Waals surface area contributed by atoms with Gasteiger partial charge in [-0.05, 0) is 152 Å². The van der Waals surface area contributed by atoms with Crippen molar-refractivity contribution < 1.29 is 73.0 Å². The van der Waals surface area contributed by atoms with Crippen LogP contribution >= 0.6 is 0 Å². The van der Waals surface area contributed by atoms with Crippen LogP contribution in [0.1, 0.15) is 469 Å². The van der Waals surface area contributed by atoms with Crippen molar-refractivity contribution in [1.82, 2.24) is 0 Å². The molecule has 0 radical (unpaired) electrons. The Bertz CT molecular complexity index is 2090. The zero-order chi connectivity index (χ0) is 84.1. The Hall–Kier alpha value is -2.38. The van der Waals surface area contributed by atoms with E-state index >= 15 is 0 Å². The molecule has 112 heavy (non-hydrogen) atoms. The number of hydrogen-bond acceptors (Lipinski definition) is 14. The molecular weight excluding hydrogens is 1450 g/mol. The van der Waals surface area contributed by atoms with Crippen molar-refractivity contribution in [3.8, 4) is 0 Å². The van der Waals surface area contributed by atoms with E-state index in [1.807, 2.05) is 27.7 Å². The van der Waals surface area contributed by atoms with Gasteiger partial charge in [-0.25, -0.2) is 16.8 Å². The molecule has 16 nitrogen and oxygen atoms in total. The standard InChI is InChI=1S/C54H114N2.2C20H38O7S/c1-7-13-19-25-31-39-47-55(48-40-32-26-20-14-8-2,49-41-33-27-21-15-9-3)53-45-37-38-46-54-56(50-42-34-28-22-16-10-4,51-43-35-29-23-17-11-5)52-44-36-30-24-18-12-6;2*1-5-9-11-16(7-3)14-26-19(21)13-18(28(23,24)25)20(22)27-15-17(8-4)12-10-6-2/h7-54H2,1-6H3;2*16-18H,5-15H2,1-4H3,(H,23,24,25)/q+2;;/p-2. The van der Waals surface area contributed by atoms with Crippen LogP contribution in [0.3, 0.4) is 0 Å². The molecule has 0 bridgehead atoms. The highest BCUT2D eigenvalue weighted by atomic mass is 32.2. The van der Waals surface area contributed by atoms with Crippen LogP contribution in [0.25, 0.3) is 0 Å². The summed E-state index contributed by atoms with van der Waals surface area (Å²) in [7, 11) is -10.0. The van der Waals surface area contributed by atoms with Crippen molar-refractivity contribution in [2.45, 2.75) is 480 Å². The Labute approximate surface area is 695 Å². The molecule has 6 atom stereocenters. The fraction of sp³-hybridized carbons (Fsp3) is 0.957. The third-order valence-corrected chi connectivity index (χ3v) is 26.0. The topological polar surface area (TPSA) is 220 Å². The Balaban J connectivity index is -0.00000177. The summed E-state index contributed by atoms with van der Waals surface area (Å²) in [4.78, 5) is 48.3. The zero-order valence-electron chi connectivity index (χ0n) is 76.4. The zero-order valence-corrected chi connectivity index (χ0v) is 78.0. The minimum atomic E-state index is -5.01. The van der Waals surface area contributed by atoms with Crippen LogP contribution in [-0.2, 0) is 58.4 Å². The fourth-order valence-corrected chi connectivity index (χ4v) is 16.9. The maximum atomic E-state index is 12.1. The van der Waals surface area contributed by atoms with Gasteiger partial charge in [0, 0.05) is 0 Å². The van der Waals surface area contributed by atoms with Crippen molar-refractivity contribution >= 4 is 44.1 Å². The second-order valence-corrected chi connectivity index (χ2v) is 37.3. The smallest absolute Gasteiger partial charge is 0.323 e. The van der Waals surface area contributed by atoms with Gasteiger partial charge in [-0.15, -0.1) is 0 Å². The van der Waals surface area contributed by atoms with Gasteiger partial charge in [-0.2, -0.15) is 0 Å². The van der Waals surface area contributed by atoms with E-state index in [1.54, 1.807) is 0 Å². The maximum Gasteiger partial charge on any atom is 0.323 e. The van der Waals surface area contributed by atoms with E-state index in [9.17, 15) is 45.1 Å². The van der Waals surface area contributed by atoms with Gasteiger partial charge < -0.3 is 37.0 Å². The number of carbonyl (C=O) groups excluding carboxylic acids is 4. The second-order valence-electron chi connectivity index (χ2n) is 34.2. The average molecular weight is 1630 g/mol. The number of unbranched alkanes of at least 4 members (excludes halogenated alkanes) is 37. The highest BCUT2D eigenvalue weighted by Crippen LogP contribution is 2.26. The molecule has 18 heteroatoms. The molecule has 0 aromatic rings. The summed E-state index contributed by atoms with van der Waals surface area (Å²) in [5, 5.41) is -4.11. The van der Waals surface area contributed by atoms with Gasteiger partial charge in [0.25, 0.3) is 0 Å². The first-order valence-corrected chi connectivity index (χ1v) is 51.1. The molecule has 0 saturated heterocycles. The first-order chi connectivity index (χ1) is 53.9. The summed E-state index contributed by atoms with van der Waals surface area (Å²) in [6, 6.07) is 0. The Morgan fingerprint density at radius 3 is 0.562 bits per heavy atom. The van der Waals surface area contributed by atoms with Crippen molar-refractivity contribution in [1.29, 1.82) is 0 Å². The minimum Gasteiger partial charge on any atom is -0.747 e. The first kappa shape index (κ1) is 114. The lowest BCUT2D eigenvalue weighted by molar-refractivity contribution is -0.929. The fourth-order valence-electron chi connectivity index (χ4n) is 15.6. The third-order valence-electron chi connectivity index (χ3n) is 23.9. The third kappa shape index (κ3) is 67.5. The van der Waals surface area contributed by atoms with E-state index < -0.39 is 67.5 Å². The highest BCUT2D eigenvalue weighted by molar-refractivity contribution is 7.87. The van der Waals surface area contributed by atoms with Crippen LogP contribution in [0, 0.1) is 23.7 Å². The molecule has 0 aromatic heterocycles. The van der Waals surface area contributed by atoms with Crippen LogP contribution in [-0.4, -0.2) is 148 Å². The molecule has 0 heterocycles. The Morgan fingerprint density at radius 2 is 0.402 bits per heavy atom. The number of nitrogens with zero attached hydrogens (tertiary/aromatic N) is 2. The molecule has 6 unspecified atom stereocenters. The molecule has 0 spiro atoms. The quantitative estimate of drug-likeness (QED) is 0.0182. The summed E-state index contributed by atoms with van der Waals surface area (Å²) in [6.45, 7) is 42.5. The lowest BCUT2D eigenvalue weighted by atomic mass is 10.0. The van der Waals surface area contributed by atoms with Crippen LogP contribution in [0.4, 0.5) is 0 Å². The second kappa shape index (κ2) is 79.7. The van der Waals surface area contributed by atoms with Crippen molar-refractivity contribution in [3.63, 3.8) is 0 Å².